The number of carbonyl (C=O) groups is 1. The van der Waals surface area contributed by atoms with E-state index in [9.17, 15) is 9.90 Å². The van der Waals surface area contributed by atoms with Crippen molar-refractivity contribution in [2.45, 2.75) is 98.1 Å². The summed E-state index contributed by atoms with van der Waals surface area (Å²) >= 11 is 0. The van der Waals surface area contributed by atoms with Gasteiger partial charge in [0.05, 0.1) is 12.2 Å². The number of aliphatic hydroxyl groups excluding tert-OH is 1. The van der Waals surface area contributed by atoms with E-state index in [1.165, 1.54) is 5.57 Å². The van der Waals surface area contributed by atoms with Crippen LogP contribution in [0.2, 0.25) is 18.1 Å². The predicted octanol–water partition coefficient (Wildman–Crippen LogP) is 5.10. The summed E-state index contributed by atoms with van der Waals surface area (Å²) in [5.41, 5.74) is 2.31. The molecule has 0 aromatic carbocycles. The molecule has 2 aliphatic carbocycles. The highest BCUT2D eigenvalue weighted by molar-refractivity contribution is 6.73. The molecule has 4 heteroatoms. The van der Waals surface area contributed by atoms with Crippen LogP contribution in [0.4, 0.5) is 0 Å². The summed E-state index contributed by atoms with van der Waals surface area (Å²) in [5, 5.41) is 10.7. The monoisotopic (exact) mass is 366 g/mol. The van der Waals surface area contributed by atoms with E-state index >= 15 is 0 Å². The molecule has 0 spiro atoms. The third kappa shape index (κ3) is 3.81. The molecule has 1 N–H and O–H groups in total. The zero-order valence-corrected chi connectivity index (χ0v) is 18.3. The van der Waals surface area contributed by atoms with Crippen molar-refractivity contribution < 1.29 is 14.3 Å². The van der Waals surface area contributed by atoms with Gasteiger partial charge in [-0.1, -0.05) is 41.5 Å². The van der Waals surface area contributed by atoms with Crippen molar-refractivity contribution in [3.05, 3.63) is 11.1 Å². The number of ketones is 1. The lowest BCUT2D eigenvalue weighted by atomic mass is 9.59. The van der Waals surface area contributed by atoms with Gasteiger partial charge >= 0.3 is 0 Å². The summed E-state index contributed by atoms with van der Waals surface area (Å²) in [6, 6.07) is 3.33. The average molecular weight is 367 g/mol. The van der Waals surface area contributed by atoms with Gasteiger partial charge in [0.1, 0.15) is 5.78 Å². The van der Waals surface area contributed by atoms with Crippen LogP contribution >= 0.6 is 0 Å². The molecule has 0 amide bonds. The van der Waals surface area contributed by atoms with Crippen LogP contribution in [0.1, 0.15) is 67.7 Å². The second-order valence-corrected chi connectivity index (χ2v) is 13.6. The third-order valence-electron chi connectivity index (χ3n) is 7.36. The lowest BCUT2D eigenvalue weighted by Crippen LogP contribution is -2.49. The Labute approximate surface area is 155 Å². The van der Waals surface area contributed by atoms with Crippen molar-refractivity contribution in [2.24, 2.45) is 17.3 Å². The molecule has 0 radical (unpaired) electrons. The minimum Gasteiger partial charge on any atom is -0.410 e. The Balaban J connectivity index is 2.53. The van der Waals surface area contributed by atoms with E-state index in [0.29, 0.717) is 18.6 Å². The highest BCUT2D eigenvalue weighted by Crippen LogP contribution is 2.51. The van der Waals surface area contributed by atoms with E-state index < -0.39 is 14.4 Å². The van der Waals surface area contributed by atoms with Crippen molar-refractivity contribution in [2.75, 3.05) is 0 Å². The predicted molar refractivity (Wildman–Crippen MR) is 106 cm³/mol. The molecule has 2 aliphatic rings. The van der Waals surface area contributed by atoms with Gasteiger partial charge in [0.2, 0.25) is 0 Å². The maximum atomic E-state index is 12.7. The molecule has 2 rings (SSSR count). The highest BCUT2D eigenvalue weighted by atomic mass is 28.4. The lowest BCUT2D eigenvalue weighted by molar-refractivity contribution is -0.126. The van der Waals surface area contributed by atoms with Crippen LogP contribution in [-0.4, -0.2) is 31.4 Å². The van der Waals surface area contributed by atoms with E-state index in [0.717, 1.165) is 30.1 Å². The van der Waals surface area contributed by atoms with Crippen LogP contribution in [-0.2, 0) is 9.22 Å². The van der Waals surface area contributed by atoms with Crippen LogP contribution in [0.5, 0.6) is 0 Å². The van der Waals surface area contributed by atoms with E-state index in [-0.39, 0.29) is 23.4 Å². The first kappa shape index (κ1) is 20.9. The topological polar surface area (TPSA) is 46.5 Å². The molecule has 4 atom stereocenters. The number of hydrogen-bond acceptors (Lipinski definition) is 3. The van der Waals surface area contributed by atoms with E-state index in [1.54, 1.807) is 0 Å². The fourth-order valence-corrected chi connectivity index (χ4v) is 7.90. The van der Waals surface area contributed by atoms with Crippen LogP contribution in [0.25, 0.3) is 0 Å². The van der Waals surface area contributed by atoms with Gasteiger partial charge in [-0.3, -0.25) is 4.79 Å². The van der Waals surface area contributed by atoms with Crippen molar-refractivity contribution in [1.29, 1.82) is 0 Å². The summed E-state index contributed by atoms with van der Waals surface area (Å²) in [7, 11) is -1.79. The first-order valence-electron chi connectivity index (χ1n) is 10.2. The molecule has 3 unspecified atom stereocenters. The minimum absolute atomic E-state index is 0.0155. The molecule has 25 heavy (non-hydrogen) atoms. The van der Waals surface area contributed by atoms with Crippen LogP contribution in [0.3, 0.4) is 0 Å². The van der Waals surface area contributed by atoms with E-state index in [2.05, 4.69) is 48.5 Å². The van der Waals surface area contributed by atoms with Crippen molar-refractivity contribution >= 4 is 14.1 Å². The second-order valence-electron chi connectivity index (χ2n) is 8.92. The van der Waals surface area contributed by atoms with Gasteiger partial charge in [-0.25, -0.2) is 0 Å². The van der Waals surface area contributed by atoms with Gasteiger partial charge in [0.25, 0.3) is 0 Å². The zero-order chi connectivity index (χ0) is 19.0. The molecule has 0 aromatic rings. The Bertz CT molecular complexity index is 525. The fourth-order valence-electron chi connectivity index (χ4n) is 5.08. The Morgan fingerprint density at radius 2 is 1.72 bits per heavy atom. The van der Waals surface area contributed by atoms with Crippen molar-refractivity contribution in [3.63, 3.8) is 0 Å². The Hall–Kier alpha value is -0.453. The van der Waals surface area contributed by atoms with Crippen molar-refractivity contribution in [3.8, 4) is 0 Å². The number of carbonyl (C=O) groups excluding carboxylic acids is 1. The number of hydrogen-bond donors (Lipinski definition) is 1. The summed E-state index contributed by atoms with van der Waals surface area (Å²) < 4.78 is 6.94. The zero-order valence-electron chi connectivity index (χ0n) is 17.3. The molecule has 0 aromatic heterocycles. The SMILES string of the molecule is CC[Si](CC)(CC)O[C@@H]1CC(C)C(=O)CC2CC(O)C(C)=C1C2(C)C. The summed E-state index contributed by atoms with van der Waals surface area (Å²) in [6.07, 6.45) is 1.61. The maximum Gasteiger partial charge on any atom is 0.192 e. The minimum atomic E-state index is -1.79. The van der Waals surface area contributed by atoms with Gasteiger partial charge in [0.15, 0.2) is 8.32 Å². The lowest BCUT2D eigenvalue weighted by Gasteiger charge is -2.50. The smallest absolute Gasteiger partial charge is 0.192 e. The summed E-state index contributed by atoms with van der Waals surface area (Å²) in [5.74, 6) is 0.594. The fraction of sp³-hybridized carbons (Fsp3) is 0.857. The Morgan fingerprint density at radius 3 is 2.24 bits per heavy atom. The average Bonchev–Trinajstić information content (AvgIpc) is 2.56. The van der Waals surface area contributed by atoms with Gasteiger partial charge in [0, 0.05) is 12.3 Å². The summed E-state index contributed by atoms with van der Waals surface area (Å²) in [6.45, 7) is 15.4. The molecule has 0 saturated heterocycles. The van der Waals surface area contributed by atoms with Gasteiger partial charge in [-0.2, -0.15) is 0 Å². The molecule has 2 bridgehead atoms. The molecule has 1 saturated carbocycles. The number of aliphatic hydroxyl groups is 1. The number of Topliss-reactive ketones (excluding diaryl/α,β-unsaturated/α-hetero) is 1. The highest BCUT2D eigenvalue weighted by Gasteiger charge is 2.48. The molecule has 1 fully saturated rings. The normalized spacial score (nSPS) is 33.2. The molecule has 3 nitrogen and oxygen atoms in total. The molecular weight excluding hydrogens is 328 g/mol. The Morgan fingerprint density at radius 1 is 1.16 bits per heavy atom. The quantitative estimate of drug-likeness (QED) is 0.544. The van der Waals surface area contributed by atoms with Gasteiger partial charge in [-0.15, -0.1) is 0 Å². The van der Waals surface area contributed by atoms with E-state index in [1.807, 2.05) is 0 Å². The number of rotatable bonds is 5. The first-order chi connectivity index (χ1) is 11.6. The molecule has 144 valence electrons. The third-order valence-corrected chi connectivity index (χ3v) is 12.0. The van der Waals surface area contributed by atoms with Gasteiger partial charge in [-0.05, 0) is 60.4 Å². The first-order valence-corrected chi connectivity index (χ1v) is 12.7. The van der Waals surface area contributed by atoms with Crippen LogP contribution in [0, 0.1) is 17.3 Å². The van der Waals surface area contributed by atoms with Crippen molar-refractivity contribution in [1.82, 2.24) is 0 Å². The van der Waals surface area contributed by atoms with Gasteiger partial charge < -0.3 is 9.53 Å². The van der Waals surface area contributed by atoms with Crippen LogP contribution < -0.4 is 0 Å². The largest absolute Gasteiger partial charge is 0.410 e. The van der Waals surface area contributed by atoms with E-state index in [4.69, 9.17) is 4.43 Å². The Kier molecular flexibility index (Phi) is 6.38. The second kappa shape index (κ2) is 7.65. The van der Waals surface area contributed by atoms with Crippen LogP contribution in [0.15, 0.2) is 11.1 Å². The maximum absolute atomic E-state index is 12.7. The molecule has 0 heterocycles. The number of fused-ring (bicyclic) bond motifs is 2. The summed E-state index contributed by atoms with van der Waals surface area (Å²) in [4.78, 5) is 12.7. The molecule has 0 aliphatic heterocycles. The standard InChI is InChI=1S/C21H38O3Si/c1-8-25(9-2,10-3)24-19-11-14(4)17(22)12-16-13-18(23)15(5)20(19)21(16,6)7/h14,16,18-19,23H,8-13H2,1-7H3/t14?,16?,18?,19-/m1/s1. The molecular formula is C21H38O3Si.